The van der Waals surface area contributed by atoms with Crippen LogP contribution in [0.15, 0.2) is 53.9 Å². The van der Waals surface area contributed by atoms with Crippen LogP contribution in [0.1, 0.15) is 28.5 Å². The molecule has 0 spiro atoms. The third kappa shape index (κ3) is 4.51. The number of ether oxygens (including phenoxy) is 1. The average Bonchev–Trinajstić information content (AvgIpc) is 3.08. The number of esters is 1. The molecule has 1 N–H and O–H groups in total. The quantitative estimate of drug-likeness (QED) is 0.669. The minimum atomic E-state index is -0.508. The molecule has 0 fully saturated rings. The molecule has 1 heterocycles. The molecule has 0 saturated carbocycles. The van der Waals surface area contributed by atoms with Gasteiger partial charge in [-0.3, -0.25) is 9.69 Å². The molecule has 3 rings (SSSR count). The second-order valence-electron chi connectivity index (χ2n) is 5.94. The van der Waals surface area contributed by atoms with Gasteiger partial charge < -0.3 is 9.84 Å². The zero-order valence-corrected chi connectivity index (χ0v) is 15.7. The van der Waals surface area contributed by atoms with Crippen molar-refractivity contribution in [2.75, 3.05) is 4.90 Å². The first-order chi connectivity index (χ1) is 12.9. The van der Waals surface area contributed by atoms with Crippen molar-refractivity contribution in [3.8, 4) is 5.75 Å². The number of phenolic OH excluding ortho intramolecular Hbond substituents is 1. The summed E-state index contributed by atoms with van der Waals surface area (Å²) in [6.45, 7) is 3.43. The molecule has 0 aliphatic carbocycles. The predicted octanol–water partition coefficient (Wildman–Crippen LogP) is 4.20. The Kier molecular flexibility index (Phi) is 5.52. The fourth-order valence-corrected chi connectivity index (χ4v) is 3.35. The topological polar surface area (TPSA) is 79.7 Å². The Morgan fingerprint density at radius 2 is 1.93 bits per heavy atom. The Bertz CT molecular complexity index is 966. The van der Waals surface area contributed by atoms with Gasteiger partial charge in [-0.25, -0.2) is 9.78 Å². The Morgan fingerprint density at radius 3 is 2.59 bits per heavy atom. The Morgan fingerprint density at radius 1 is 1.19 bits per heavy atom. The second kappa shape index (κ2) is 8.01. The molecular formula is C20H18N2O4S. The molecule has 0 atom stereocenters. The number of aromatic hydroxyl groups is 1. The first kappa shape index (κ1) is 18.6. The normalized spacial score (nSPS) is 10.4. The number of carbonyl (C=O) groups is 2. The molecule has 3 aromatic rings. The number of aryl methyl sites for hydroxylation is 1. The summed E-state index contributed by atoms with van der Waals surface area (Å²) in [6.07, 6.45) is 0. The number of nitrogens with zero attached hydrogens (tertiary/aromatic N) is 2. The summed E-state index contributed by atoms with van der Waals surface area (Å²) in [5.74, 6) is -0.578. The van der Waals surface area contributed by atoms with Crippen molar-refractivity contribution < 1.29 is 19.4 Å². The molecule has 1 aromatic heterocycles. The number of amides is 1. The Hall–Kier alpha value is -3.19. The van der Waals surface area contributed by atoms with Gasteiger partial charge in [0, 0.05) is 12.3 Å². The lowest BCUT2D eigenvalue weighted by molar-refractivity contribution is -0.115. The number of hydrogen-bond acceptors (Lipinski definition) is 6. The number of phenols is 1. The Labute approximate surface area is 160 Å². The number of hydrogen-bond donors (Lipinski definition) is 1. The van der Waals surface area contributed by atoms with Gasteiger partial charge in [0.05, 0.1) is 16.9 Å². The molecular weight excluding hydrogens is 364 g/mol. The summed E-state index contributed by atoms with van der Waals surface area (Å²) in [5, 5.41) is 11.5. The number of benzene rings is 2. The largest absolute Gasteiger partial charge is 0.508 e. The maximum Gasteiger partial charge on any atom is 0.338 e. The summed E-state index contributed by atoms with van der Waals surface area (Å²) in [5.41, 5.74) is 2.68. The maximum absolute atomic E-state index is 12.1. The van der Waals surface area contributed by atoms with E-state index in [1.54, 1.807) is 5.38 Å². The monoisotopic (exact) mass is 382 g/mol. The van der Waals surface area contributed by atoms with Crippen LogP contribution in [-0.4, -0.2) is 22.0 Å². The van der Waals surface area contributed by atoms with Crippen molar-refractivity contribution in [1.29, 1.82) is 0 Å². The molecule has 0 saturated heterocycles. The number of carbonyl (C=O) groups excluding carboxylic acids is 2. The van der Waals surface area contributed by atoms with E-state index >= 15 is 0 Å². The molecule has 27 heavy (non-hydrogen) atoms. The predicted molar refractivity (Wildman–Crippen MR) is 103 cm³/mol. The smallest absolute Gasteiger partial charge is 0.338 e. The zero-order valence-electron chi connectivity index (χ0n) is 14.9. The van der Waals surface area contributed by atoms with Gasteiger partial charge in [0.2, 0.25) is 5.91 Å². The highest BCUT2D eigenvalue weighted by molar-refractivity contribution is 7.14. The van der Waals surface area contributed by atoms with Crippen molar-refractivity contribution in [3.05, 3.63) is 70.7 Å². The molecule has 6 nitrogen and oxygen atoms in total. The van der Waals surface area contributed by atoms with E-state index in [-0.39, 0.29) is 18.3 Å². The van der Waals surface area contributed by atoms with Crippen LogP contribution in [0.5, 0.6) is 5.75 Å². The molecule has 1 amide bonds. The van der Waals surface area contributed by atoms with Crippen LogP contribution in [0, 0.1) is 6.92 Å². The number of rotatable bonds is 5. The minimum Gasteiger partial charge on any atom is -0.508 e. The lowest BCUT2D eigenvalue weighted by Gasteiger charge is -2.18. The molecule has 0 aliphatic heterocycles. The van der Waals surface area contributed by atoms with Gasteiger partial charge >= 0.3 is 5.97 Å². The van der Waals surface area contributed by atoms with Crippen LogP contribution >= 0.6 is 11.3 Å². The molecule has 0 aliphatic rings. The lowest BCUT2D eigenvalue weighted by Crippen LogP contribution is -2.22. The van der Waals surface area contributed by atoms with E-state index in [1.165, 1.54) is 47.4 Å². The van der Waals surface area contributed by atoms with Gasteiger partial charge in [0.1, 0.15) is 12.4 Å². The van der Waals surface area contributed by atoms with E-state index in [9.17, 15) is 14.7 Å². The standard InChI is InChI=1S/C20H18N2O4S/c1-13-4-3-5-17(10-13)22(14(2)23)20-21-16(12-27-20)11-26-19(25)15-6-8-18(24)9-7-15/h3-10,12,24H,11H2,1-2H3. The van der Waals surface area contributed by atoms with E-state index in [0.29, 0.717) is 16.4 Å². The first-order valence-corrected chi connectivity index (χ1v) is 9.10. The molecule has 138 valence electrons. The van der Waals surface area contributed by atoms with E-state index in [1.807, 2.05) is 31.2 Å². The Balaban J connectivity index is 1.72. The van der Waals surface area contributed by atoms with Gasteiger partial charge in [-0.2, -0.15) is 0 Å². The van der Waals surface area contributed by atoms with E-state index in [0.717, 1.165) is 11.3 Å². The summed E-state index contributed by atoms with van der Waals surface area (Å²) in [6, 6.07) is 13.4. The van der Waals surface area contributed by atoms with Crippen LogP contribution in [0.2, 0.25) is 0 Å². The summed E-state index contributed by atoms with van der Waals surface area (Å²) in [7, 11) is 0. The average molecular weight is 382 g/mol. The summed E-state index contributed by atoms with van der Waals surface area (Å²) >= 11 is 1.31. The van der Waals surface area contributed by atoms with Crippen molar-refractivity contribution >= 4 is 34.0 Å². The molecule has 0 unspecified atom stereocenters. The van der Waals surface area contributed by atoms with Crippen molar-refractivity contribution in [2.24, 2.45) is 0 Å². The van der Waals surface area contributed by atoms with Crippen LogP contribution in [0.4, 0.5) is 10.8 Å². The zero-order chi connectivity index (χ0) is 19.4. The molecule has 2 aromatic carbocycles. The van der Waals surface area contributed by atoms with Gasteiger partial charge in [-0.15, -0.1) is 11.3 Å². The van der Waals surface area contributed by atoms with Crippen molar-refractivity contribution in [3.63, 3.8) is 0 Å². The SMILES string of the molecule is CC(=O)N(c1cccc(C)c1)c1nc(COC(=O)c2ccc(O)cc2)cs1. The molecule has 7 heteroatoms. The number of aromatic nitrogens is 1. The van der Waals surface area contributed by atoms with Crippen LogP contribution in [0.25, 0.3) is 0 Å². The van der Waals surface area contributed by atoms with Gasteiger partial charge in [0.15, 0.2) is 5.13 Å². The fourth-order valence-electron chi connectivity index (χ4n) is 2.48. The fraction of sp³-hybridized carbons (Fsp3) is 0.150. The second-order valence-corrected chi connectivity index (χ2v) is 6.77. The minimum absolute atomic E-state index is 0.00419. The van der Waals surface area contributed by atoms with Gasteiger partial charge in [-0.05, 0) is 48.9 Å². The lowest BCUT2D eigenvalue weighted by atomic mass is 10.2. The van der Waals surface area contributed by atoms with Crippen LogP contribution < -0.4 is 4.90 Å². The van der Waals surface area contributed by atoms with Crippen LogP contribution in [-0.2, 0) is 16.1 Å². The van der Waals surface area contributed by atoms with Crippen LogP contribution in [0.3, 0.4) is 0 Å². The number of anilines is 2. The molecule has 0 radical (unpaired) electrons. The highest BCUT2D eigenvalue weighted by atomic mass is 32.1. The van der Waals surface area contributed by atoms with E-state index < -0.39 is 5.97 Å². The molecule has 0 bridgehead atoms. The van der Waals surface area contributed by atoms with Gasteiger partial charge in [-0.1, -0.05) is 12.1 Å². The van der Waals surface area contributed by atoms with E-state index in [2.05, 4.69) is 4.98 Å². The summed E-state index contributed by atoms with van der Waals surface area (Å²) in [4.78, 5) is 30.1. The van der Waals surface area contributed by atoms with E-state index in [4.69, 9.17) is 4.74 Å². The number of thiazole rings is 1. The summed E-state index contributed by atoms with van der Waals surface area (Å²) < 4.78 is 5.25. The maximum atomic E-state index is 12.1. The van der Waals surface area contributed by atoms with Crippen molar-refractivity contribution in [2.45, 2.75) is 20.5 Å². The first-order valence-electron chi connectivity index (χ1n) is 8.22. The van der Waals surface area contributed by atoms with Crippen molar-refractivity contribution in [1.82, 2.24) is 4.98 Å². The third-order valence-electron chi connectivity index (χ3n) is 3.76. The highest BCUT2D eigenvalue weighted by Gasteiger charge is 2.18. The third-order valence-corrected chi connectivity index (χ3v) is 4.63. The highest BCUT2D eigenvalue weighted by Crippen LogP contribution is 2.29. The van der Waals surface area contributed by atoms with Gasteiger partial charge in [0.25, 0.3) is 0 Å².